The van der Waals surface area contributed by atoms with Gasteiger partial charge in [-0.05, 0) is 38.8 Å². The molecule has 0 aliphatic carbocycles. The van der Waals surface area contributed by atoms with Crippen molar-refractivity contribution in [2.45, 2.75) is 58.8 Å². The molecular formula is C31H32F3N7O6. The molecule has 0 spiro atoms. The summed E-state index contributed by atoms with van der Waals surface area (Å²) in [6.45, 7) is 7.46. The second-order valence-corrected chi connectivity index (χ2v) is 11.4. The summed E-state index contributed by atoms with van der Waals surface area (Å²) >= 11 is 0. The summed E-state index contributed by atoms with van der Waals surface area (Å²) in [5, 5.41) is 12.7. The molecular weight excluding hydrogens is 623 g/mol. The minimum Gasteiger partial charge on any atom is -0.453 e. The number of hydrogen-bond donors (Lipinski definition) is 2. The Bertz CT molecular complexity index is 1840. The lowest BCUT2D eigenvalue weighted by molar-refractivity contribution is -0.137. The number of aryl methyl sites for hydroxylation is 1. The van der Waals surface area contributed by atoms with Crippen LogP contribution in [0, 0.1) is 12.8 Å². The van der Waals surface area contributed by atoms with Gasteiger partial charge in [0.05, 0.1) is 35.5 Å². The summed E-state index contributed by atoms with van der Waals surface area (Å²) in [5.74, 6) is -2.33. The monoisotopic (exact) mass is 655 g/mol. The van der Waals surface area contributed by atoms with Gasteiger partial charge in [0.15, 0.2) is 0 Å². The van der Waals surface area contributed by atoms with E-state index in [2.05, 4.69) is 35.5 Å². The lowest BCUT2D eigenvalue weighted by atomic mass is 9.88. The first-order valence-electron chi connectivity index (χ1n) is 14.3. The Hall–Kier alpha value is -5.41. The second-order valence-electron chi connectivity index (χ2n) is 11.4. The third kappa shape index (κ3) is 7.53. The lowest BCUT2D eigenvalue weighted by Crippen LogP contribution is -2.47. The molecule has 0 bridgehead atoms. The maximum atomic E-state index is 13.5. The largest absolute Gasteiger partial charge is 0.453 e. The minimum atomic E-state index is -4.56. The van der Waals surface area contributed by atoms with Crippen molar-refractivity contribution >= 4 is 23.5 Å². The standard InChI is InChI=1S/C31H32F3N7O6/c1-16(2)22(24(43)26-39-40-28(47-26)30(4,5)20-13-12-19(14-35-20)31(32,33)34)37-21(42)15-41-25(18-10-8-7-9-11-18)36-17(3)23(27(41)44)38-29(45)46-6/h7-14,16,22H,15H2,1-6H3,(H,37,42)(H,38,45)/t22-/m1/s1. The Morgan fingerprint density at radius 2 is 1.72 bits per heavy atom. The van der Waals surface area contributed by atoms with Crippen LogP contribution in [0.1, 0.15) is 61.2 Å². The van der Waals surface area contributed by atoms with E-state index in [-0.39, 0.29) is 28.8 Å². The van der Waals surface area contributed by atoms with Crippen molar-refractivity contribution in [2.24, 2.45) is 5.92 Å². The van der Waals surface area contributed by atoms with Crippen LogP contribution in [0.2, 0.25) is 0 Å². The van der Waals surface area contributed by atoms with Crippen LogP contribution in [0.25, 0.3) is 11.4 Å². The first-order chi connectivity index (χ1) is 22.0. The lowest BCUT2D eigenvalue weighted by Gasteiger charge is -2.21. The molecule has 0 aliphatic rings. The Labute approximate surface area is 266 Å². The molecule has 0 radical (unpaired) electrons. The van der Waals surface area contributed by atoms with Gasteiger partial charge in [0.25, 0.3) is 11.4 Å². The maximum absolute atomic E-state index is 13.5. The highest BCUT2D eigenvalue weighted by Crippen LogP contribution is 2.33. The maximum Gasteiger partial charge on any atom is 0.417 e. The van der Waals surface area contributed by atoms with Crippen LogP contribution in [0.3, 0.4) is 0 Å². The number of hydrogen-bond acceptors (Lipinski definition) is 10. The minimum absolute atomic E-state index is 0.0858. The SMILES string of the molecule is COC(=O)Nc1c(C)nc(-c2ccccc2)n(CC(=O)N[C@@H](C(=O)c2nnc(C(C)(C)c3ccc(C(F)(F)F)cn3)o2)C(C)C)c1=O. The van der Waals surface area contributed by atoms with Crippen LogP contribution in [0.4, 0.5) is 23.7 Å². The number of aromatic nitrogens is 5. The highest BCUT2D eigenvalue weighted by atomic mass is 19.4. The van der Waals surface area contributed by atoms with Crippen molar-refractivity contribution in [2.75, 3.05) is 12.4 Å². The molecule has 47 heavy (non-hydrogen) atoms. The number of methoxy groups -OCH3 is 1. The van der Waals surface area contributed by atoms with Crippen LogP contribution in [0.15, 0.2) is 57.9 Å². The number of pyridine rings is 1. The summed E-state index contributed by atoms with van der Waals surface area (Å²) < 4.78 is 50.4. The fourth-order valence-corrected chi connectivity index (χ4v) is 4.56. The number of Topliss-reactive ketones (excluding diaryl/α,β-unsaturated/α-hetero) is 1. The van der Waals surface area contributed by atoms with Gasteiger partial charge in [-0.15, -0.1) is 10.2 Å². The smallest absolute Gasteiger partial charge is 0.417 e. The average Bonchev–Trinajstić information content (AvgIpc) is 3.54. The number of benzene rings is 1. The van der Waals surface area contributed by atoms with Crippen LogP contribution >= 0.6 is 0 Å². The predicted molar refractivity (Wildman–Crippen MR) is 161 cm³/mol. The number of nitrogens with one attached hydrogen (secondary N) is 2. The molecule has 3 aromatic heterocycles. The number of alkyl halides is 3. The van der Waals surface area contributed by atoms with Gasteiger partial charge < -0.3 is 14.5 Å². The van der Waals surface area contributed by atoms with Gasteiger partial charge in [0, 0.05) is 11.8 Å². The van der Waals surface area contributed by atoms with E-state index < -0.39 is 64.9 Å². The Morgan fingerprint density at radius 1 is 1.04 bits per heavy atom. The van der Waals surface area contributed by atoms with Crippen molar-refractivity contribution in [3.8, 4) is 11.4 Å². The quantitative estimate of drug-likeness (QED) is 0.231. The molecule has 0 fully saturated rings. The zero-order valence-corrected chi connectivity index (χ0v) is 26.3. The van der Waals surface area contributed by atoms with E-state index in [0.29, 0.717) is 11.8 Å². The van der Waals surface area contributed by atoms with E-state index in [1.54, 1.807) is 58.0 Å². The van der Waals surface area contributed by atoms with E-state index >= 15 is 0 Å². The number of ketones is 1. The topological polar surface area (TPSA) is 171 Å². The van der Waals surface area contributed by atoms with Crippen molar-refractivity contribution < 1.29 is 36.7 Å². The van der Waals surface area contributed by atoms with Crippen molar-refractivity contribution in [1.29, 1.82) is 0 Å². The molecule has 4 rings (SSSR count). The molecule has 3 heterocycles. The second kappa shape index (κ2) is 13.5. The third-order valence-corrected chi connectivity index (χ3v) is 7.26. The predicted octanol–water partition coefficient (Wildman–Crippen LogP) is 4.54. The molecule has 0 saturated heterocycles. The summed E-state index contributed by atoms with van der Waals surface area (Å²) in [6, 6.07) is 9.49. The van der Waals surface area contributed by atoms with Crippen molar-refractivity contribution in [3.05, 3.63) is 87.7 Å². The van der Waals surface area contributed by atoms with Gasteiger partial charge in [-0.25, -0.2) is 9.78 Å². The highest BCUT2D eigenvalue weighted by molar-refractivity contribution is 5.98. The highest BCUT2D eigenvalue weighted by Gasteiger charge is 2.36. The Balaban J connectivity index is 1.60. The van der Waals surface area contributed by atoms with E-state index in [1.807, 2.05) is 0 Å². The average molecular weight is 656 g/mol. The number of anilines is 1. The summed E-state index contributed by atoms with van der Waals surface area (Å²) in [6.07, 6.45) is -4.78. The number of rotatable bonds is 10. The Morgan fingerprint density at radius 3 is 2.30 bits per heavy atom. The van der Waals surface area contributed by atoms with Crippen molar-refractivity contribution in [3.63, 3.8) is 0 Å². The molecule has 0 saturated carbocycles. The molecule has 1 aromatic carbocycles. The zero-order valence-electron chi connectivity index (χ0n) is 26.3. The number of halogens is 3. The van der Waals surface area contributed by atoms with E-state index in [4.69, 9.17) is 4.42 Å². The summed E-state index contributed by atoms with van der Waals surface area (Å²) in [4.78, 5) is 60.7. The first-order valence-corrected chi connectivity index (χ1v) is 14.3. The third-order valence-electron chi connectivity index (χ3n) is 7.26. The van der Waals surface area contributed by atoms with E-state index in [1.165, 1.54) is 13.0 Å². The van der Waals surface area contributed by atoms with Gasteiger partial charge in [-0.2, -0.15) is 13.2 Å². The number of nitrogens with zero attached hydrogens (tertiary/aromatic N) is 5. The van der Waals surface area contributed by atoms with Crippen LogP contribution in [0.5, 0.6) is 0 Å². The van der Waals surface area contributed by atoms with Crippen molar-refractivity contribution in [1.82, 2.24) is 30.0 Å². The molecule has 2 amide bonds. The van der Waals surface area contributed by atoms with Crippen LogP contribution in [-0.4, -0.2) is 55.7 Å². The van der Waals surface area contributed by atoms with Crippen LogP contribution < -0.4 is 16.2 Å². The molecule has 4 aromatic rings. The van der Waals surface area contributed by atoms with E-state index in [0.717, 1.165) is 17.7 Å². The number of carbonyl (C=O) groups is 3. The summed E-state index contributed by atoms with van der Waals surface area (Å²) in [5.41, 5.74) is -2.12. The molecule has 2 N–H and O–H groups in total. The van der Waals surface area contributed by atoms with Gasteiger partial charge in [-0.1, -0.05) is 44.2 Å². The normalized spacial score (nSPS) is 12.5. The number of amides is 2. The van der Waals surface area contributed by atoms with Gasteiger partial charge in [-0.3, -0.25) is 29.3 Å². The number of ether oxygens (including phenoxy) is 1. The fourth-order valence-electron chi connectivity index (χ4n) is 4.56. The molecule has 16 heteroatoms. The summed E-state index contributed by atoms with van der Waals surface area (Å²) in [7, 11) is 1.13. The molecule has 248 valence electrons. The van der Waals surface area contributed by atoms with Gasteiger partial charge in [0.1, 0.15) is 18.1 Å². The molecule has 13 nitrogen and oxygen atoms in total. The van der Waals surface area contributed by atoms with E-state index in [9.17, 15) is 32.3 Å². The Kier molecular flexibility index (Phi) is 9.92. The molecule has 1 atom stereocenters. The zero-order chi connectivity index (χ0) is 34.7. The molecule has 0 aliphatic heterocycles. The van der Waals surface area contributed by atoms with Gasteiger partial charge >= 0.3 is 12.3 Å². The van der Waals surface area contributed by atoms with Gasteiger partial charge in [0.2, 0.25) is 17.6 Å². The number of carbonyl (C=O) groups excluding carboxylic acids is 3. The molecule has 0 unspecified atom stereocenters. The fraction of sp³-hybridized carbons (Fsp3) is 0.355. The van der Waals surface area contributed by atoms with Crippen LogP contribution in [-0.2, 0) is 27.7 Å². The first kappa shape index (κ1) is 34.5.